The molecule has 0 fully saturated rings. The average Bonchev–Trinajstić information content (AvgIpc) is 2.92. The maximum absolute atomic E-state index is 5.11. The van der Waals surface area contributed by atoms with Gasteiger partial charge in [-0.05, 0) is 30.4 Å². The third-order valence-corrected chi connectivity index (χ3v) is 5.38. The van der Waals surface area contributed by atoms with Gasteiger partial charge in [-0.2, -0.15) is 0 Å². The number of benzene rings is 1. The van der Waals surface area contributed by atoms with Crippen LogP contribution in [0.4, 0.5) is 0 Å². The van der Waals surface area contributed by atoms with Gasteiger partial charge in [0, 0.05) is 26.6 Å². The van der Waals surface area contributed by atoms with Crippen LogP contribution >= 0.6 is 11.3 Å². The summed E-state index contributed by atoms with van der Waals surface area (Å²) in [6, 6.07) is 8.41. The van der Waals surface area contributed by atoms with Gasteiger partial charge in [-0.15, -0.1) is 11.3 Å². The van der Waals surface area contributed by atoms with Crippen molar-refractivity contribution >= 4 is 21.6 Å². The highest BCUT2D eigenvalue weighted by Gasteiger charge is 2.27. The van der Waals surface area contributed by atoms with Crippen molar-refractivity contribution < 1.29 is 4.74 Å². The van der Waals surface area contributed by atoms with E-state index in [4.69, 9.17) is 9.72 Å². The summed E-state index contributed by atoms with van der Waals surface area (Å²) in [6.07, 6.45) is 3.39. The van der Waals surface area contributed by atoms with E-state index in [1.165, 1.54) is 22.5 Å². The van der Waals surface area contributed by atoms with Crippen molar-refractivity contribution in [1.29, 1.82) is 0 Å². The minimum Gasteiger partial charge on any atom is -0.383 e. The molecule has 0 saturated carbocycles. The lowest BCUT2D eigenvalue weighted by atomic mass is 9.79. The van der Waals surface area contributed by atoms with Crippen molar-refractivity contribution in [2.45, 2.75) is 33.1 Å². The Morgan fingerprint density at radius 1 is 1.24 bits per heavy atom. The van der Waals surface area contributed by atoms with Gasteiger partial charge in [0.1, 0.15) is 0 Å². The van der Waals surface area contributed by atoms with Gasteiger partial charge in [-0.25, -0.2) is 4.98 Å². The molecule has 1 aromatic heterocycles. The van der Waals surface area contributed by atoms with Crippen LogP contribution in [-0.4, -0.2) is 31.8 Å². The molecule has 2 aromatic rings. The molecule has 0 aliphatic rings. The van der Waals surface area contributed by atoms with E-state index in [0.717, 1.165) is 31.6 Å². The first kappa shape index (κ1) is 16.4. The minimum atomic E-state index is 0.293. The lowest BCUT2D eigenvalue weighted by Crippen LogP contribution is -2.36. The van der Waals surface area contributed by atoms with Gasteiger partial charge in [-0.3, -0.25) is 0 Å². The van der Waals surface area contributed by atoms with E-state index in [0.29, 0.717) is 5.41 Å². The first-order chi connectivity index (χ1) is 10.2. The molecule has 0 spiro atoms. The lowest BCUT2D eigenvalue weighted by molar-refractivity contribution is 0.185. The number of thiazole rings is 1. The third kappa shape index (κ3) is 4.25. The molecule has 21 heavy (non-hydrogen) atoms. The fourth-order valence-corrected chi connectivity index (χ4v) is 3.80. The Labute approximate surface area is 131 Å². The van der Waals surface area contributed by atoms with Gasteiger partial charge in [-0.1, -0.05) is 26.0 Å². The predicted molar refractivity (Wildman–Crippen MR) is 91.1 cm³/mol. The van der Waals surface area contributed by atoms with Crippen molar-refractivity contribution in [2.24, 2.45) is 5.41 Å². The number of ether oxygens (including phenoxy) is 1. The van der Waals surface area contributed by atoms with Crippen molar-refractivity contribution in [1.82, 2.24) is 10.3 Å². The second-order valence-corrected chi connectivity index (χ2v) is 6.74. The summed E-state index contributed by atoms with van der Waals surface area (Å²) in [4.78, 5) is 4.80. The van der Waals surface area contributed by atoms with Gasteiger partial charge in [0.15, 0.2) is 0 Å². The Morgan fingerprint density at radius 3 is 2.67 bits per heavy atom. The highest BCUT2D eigenvalue weighted by Crippen LogP contribution is 2.33. The number of rotatable bonds is 9. The van der Waals surface area contributed by atoms with Crippen LogP contribution in [0.1, 0.15) is 31.7 Å². The Morgan fingerprint density at radius 2 is 2.00 bits per heavy atom. The molecular weight excluding hydrogens is 280 g/mol. The zero-order valence-electron chi connectivity index (χ0n) is 13.3. The number of para-hydroxylation sites is 1. The predicted octanol–water partition coefficient (Wildman–Crippen LogP) is 3.88. The van der Waals surface area contributed by atoms with Crippen LogP contribution < -0.4 is 5.32 Å². The Balaban J connectivity index is 2.07. The minimum absolute atomic E-state index is 0.293. The number of fused-ring (bicyclic) bond motifs is 1. The van der Waals surface area contributed by atoms with E-state index >= 15 is 0 Å². The Bertz CT molecular complexity index is 515. The van der Waals surface area contributed by atoms with E-state index in [1.54, 1.807) is 7.11 Å². The summed E-state index contributed by atoms with van der Waals surface area (Å²) in [5.41, 5.74) is 1.42. The molecule has 1 aromatic carbocycles. The summed E-state index contributed by atoms with van der Waals surface area (Å²) in [7, 11) is 1.75. The number of aromatic nitrogens is 1. The third-order valence-electron chi connectivity index (χ3n) is 4.35. The van der Waals surface area contributed by atoms with Crippen LogP contribution in [0.2, 0.25) is 0 Å². The van der Waals surface area contributed by atoms with E-state index in [1.807, 2.05) is 11.3 Å². The van der Waals surface area contributed by atoms with Gasteiger partial charge < -0.3 is 10.1 Å². The average molecular weight is 306 g/mol. The first-order valence-corrected chi connectivity index (χ1v) is 8.59. The second kappa shape index (κ2) is 7.87. The molecule has 0 atom stereocenters. The fraction of sp³-hybridized carbons (Fsp3) is 0.588. The van der Waals surface area contributed by atoms with E-state index in [9.17, 15) is 0 Å². The standard InChI is InChI=1S/C17H26N2OS/c1-4-17(5-2,13-18-10-11-20-3)12-16-19-14-8-6-7-9-15(14)21-16/h6-9,18H,4-5,10-13H2,1-3H3. The topological polar surface area (TPSA) is 34.1 Å². The molecule has 0 aliphatic heterocycles. The van der Waals surface area contributed by atoms with Crippen molar-refractivity contribution in [3.05, 3.63) is 29.3 Å². The summed E-state index contributed by atoms with van der Waals surface area (Å²) in [5.74, 6) is 0. The summed E-state index contributed by atoms with van der Waals surface area (Å²) in [5, 5.41) is 4.79. The molecule has 0 radical (unpaired) electrons. The zero-order valence-corrected chi connectivity index (χ0v) is 14.1. The molecule has 1 heterocycles. The molecule has 1 N–H and O–H groups in total. The van der Waals surface area contributed by atoms with Crippen molar-refractivity contribution in [3.8, 4) is 0 Å². The number of methoxy groups -OCH3 is 1. The quantitative estimate of drug-likeness (QED) is 0.714. The Kier molecular flexibility index (Phi) is 6.15. The van der Waals surface area contributed by atoms with Gasteiger partial charge in [0.25, 0.3) is 0 Å². The molecule has 0 aliphatic carbocycles. The van der Waals surface area contributed by atoms with E-state index < -0.39 is 0 Å². The van der Waals surface area contributed by atoms with Crippen LogP contribution in [0.5, 0.6) is 0 Å². The molecule has 2 rings (SSSR count). The first-order valence-electron chi connectivity index (χ1n) is 7.77. The SMILES string of the molecule is CCC(CC)(CNCCOC)Cc1nc2ccccc2s1. The Hall–Kier alpha value is -0.970. The highest BCUT2D eigenvalue weighted by atomic mass is 32.1. The lowest BCUT2D eigenvalue weighted by Gasteiger charge is -2.31. The van der Waals surface area contributed by atoms with E-state index in [2.05, 4.69) is 43.4 Å². The molecule has 0 unspecified atom stereocenters. The number of nitrogens with zero attached hydrogens (tertiary/aromatic N) is 1. The monoisotopic (exact) mass is 306 g/mol. The molecule has 4 heteroatoms. The highest BCUT2D eigenvalue weighted by molar-refractivity contribution is 7.18. The number of nitrogens with one attached hydrogen (secondary N) is 1. The fourth-order valence-electron chi connectivity index (χ4n) is 2.66. The van der Waals surface area contributed by atoms with Crippen LogP contribution in [0.15, 0.2) is 24.3 Å². The molecule has 3 nitrogen and oxygen atoms in total. The van der Waals surface area contributed by atoms with Crippen LogP contribution in [0.25, 0.3) is 10.2 Å². The molecule has 0 bridgehead atoms. The van der Waals surface area contributed by atoms with Gasteiger partial charge >= 0.3 is 0 Å². The second-order valence-electron chi connectivity index (χ2n) is 5.63. The molecule has 116 valence electrons. The van der Waals surface area contributed by atoms with Crippen LogP contribution in [0, 0.1) is 5.41 Å². The summed E-state index contributed by atoms with van der Waals surface area (Å²) < 4.78 is 6.40. The number of hydrogen-bond donors (Lipinski definition) is 1. The molecular formula is C17H26N2OS. The maximum Gasteiger partial charge on any atom is 0.0944 e. The number of hydrogen-bond acceptors (Lipinski definition) is 4. The maximum atomic E-state index is 5.11. The van der Waals surface area contributed by atoms with Crippen molar-refractivity contribution in [2.75, 3.05) is 26.8 Å². The van der Waals surface area contributed by atoms with Crippen molar-refractivity contribution in [3.63, 3.8) is 0 Å². The molecule has 0 saturated heterocycles. The summed E-state index contributed by atoms with van der Waals surface area (Å²) >= 11 is 1.84. The van der Waals surface area contributed by atoms with Gasteiger partial charge in [0.2, 0.25) is 0 Å². The van der Waals surface area contributed by atoms with Crippen LogP contribution in [0.3, 0.4) is 0 Å². The summed E-state index contributed by atoms with van der Waals surface area (Å²) in [6.45, 7) is 7.28. The van der Waals surface area contributed by atoms with Gasteiger partial charge in [0.05, 0.1) is 21.8 Å². The largest absolute Gasteiger partial charge is 0.383 e. The molecule has 0 amide bonds. The smallest absolute Gasteiger partial charge is 0.0944 e. The van der Waals surface area contributed by atoms with Crippen LogP contribution in [-0.2, 0) is 11.2 Å². The zero-order chi connectivity index (χ0) is 15.1. The van der Waals surface area contributed by atoms with E-state index in [-0.39, 0.29) is 0 Å². The normalized spacial score (nSPS) is 12.1.